The van der Waals surface area contributed by atoms with Crippen molar-refractivity contribution in [3.05, 3.63) is 29.3 Å². The van der Waals surface area contributed by atoms with Crippen molar-refractivity contribution < 1.29 is 18.3 Å². The van der Waals surface area contributed by atoms with Crippen molar-refractivity contribution in [1.29, 1.82) is 0 Å². The van der Waals surface area contributed by atoms with Crippen LogP contribution in [-0.4, -0.2) is 32.8 Å². The Morgan fingerprint density at radius 2 is 2.20 bits per heavy atom. The first kappa shape index (κ1) is 15.4. The summed E-state index contributed by atoms with van der Waals surface area (Å²) >= 11 is 0. The van der Waals surface area contributed by atoms with Crippen molar-refractivity contribution in [1.82, 2.24) is 4.72 Å². The van der Waals surface area contributed by atoms with E-state index < -0.39 is 10.0 Å². The molecule has 20 heavy (non-hydrogen) atoms. The number of aliphatic hydroxyl groups is 1. The summed E-state index contributed by atoms with van der Waals surface area (Å²) in [6, 6.07) is 4.92. The lowest BCUT2D eigenvalue weighted by molar-refractivity contribution is 0.0200. The number of sulfonamides is 1. The lowest BCUT2D eigenvalue weighted by Gasteiger charge is -2.23. The number of benzene rings is 1. The van der Waals surface area contributed by atoms with Crippen LogP contribution in [0.15, 0.2) is 23.1 Å². The smallest absolute Gasteiger partial charge is 0.240 e. The van der Waals surface area contributed by atoms with E-state index in [1.165, 1.54) is 0 Å². The minimum Gasteiger partial charge on any atom is -0.392 e. The molecule has 1 aromatic carbocycles. The van der Waals surface area contributed by atoms with Gasteiger partial charge in [-0.3, -0.25) is 0 Å². The summed E-state index contributed by atoms with van der Waals surface area (Å²) in [6.45, 7) is 2.54. The quantitative estimate of drug-likeness (QED) is 0.860. The lowest BCUT2D eigenvalue weighted by atomic mass is 10.1. The third-order valence-corrected chi connectivity index (χ3v) is 5.20. The van der Waals surface area contributed by atoms with E-state index in [2.05, 4.69) is 4.72 Å². The first-order chi connectivity index (χ1) is 9.54. The molecule has 0 aromatic heterocycles. The summed E-state index contributed by atoms with van der Waals surface area (Å²) in [5.41, 5.74) is 1.22. The zero-order chi connectivity index (χ0) is 14.6. The van der Waals surface area contributed by atoms with Gasteiger partial charge in [0.1, 0.15) is 0 Å². The third-order valence-electron chi connectivity index (χ3n) is 3.63. The van der Waals surface area contributed by atoms with Crippen LogP contribution < -0.4 is 4.72 Å². The van der Waals surface area contributed by atoms with Crippen LogP contribution in [0.4, 0.5) is 0 Å². The summed E-state index contributed by atoms with van der Waals surface area (Å²) in [4.78, 5) is 0.222. The van der Waals surface area contributed by atoms with E-state index in [1.807, 2.05) is 0 Å². The number of ether oxygens (including phenoxy) is 1. The highest BCUT2D eigenvalue weighted by molar-refractivity contribution is 7.89. The summed E-state index contributed by atoms with van der Waals surface area (Å²) in [5.74, 6) is 0. The van der Waals surface area contributed by atoms with Gasteiger partial charge in [-0.05, 0) is 43.4 Å². The molecule has 1 fully saturated rings. The minimum atomic E-state index is -3.56. The molecule has 5 nitrogen and oxygen atoms in total. The van der Waals surface area contributed by atoms with Crippen LogP contribution in [0.3, 0.4) is 0 Å². The van der Waals surface area contributed by atoms with Gasteiger partial charge in [0.15, 0.2) is 0 Å². The molecule has 1 unspecified atom stereocenters. The van der Waals surface area contributed by atoms with Crippen molar-refractivity contribution >= 4 is 10.0 Å². The SMILES string of the molecule is Cc1c(CO)cccc1S(=O)(=O)NCC1CCCCO1. The van der Waals surface area contributed by atoms with Gasteiger partial charge < -0.3 is 9.84 Å². The summed E-state index contributed by atoms with van der Waals surface area (Å²) in [6.07, 6.45) is 2.96. The van der Waals surface area contributed by atoms with Crippen molar-refractivity contribution in [2.45, 2.75) is 43.8 Å². The number of hydrogen-bond acceptors (Lipinski definition) is 4. The molecule has 112 valence electrons. The average Bonchev–Trinajstić information content (AvgIpc) is 2.46. The topological polar surface area (TPSA) is 75.6 Å². The van der Waals surface area contributed by atoms with Crippen molar-refractivity contribution in [2.75, 3.05) is 13.2 Å². The summed E-state index contributed by atoms with van der Waals surface area (Å²) in [5, 5.41) is 9.21. The molecular weight excluding hydrogens is 278 g/mol. The highest BCUT2D eigenvalue weighted by atomic mass is 32.2. The van der Waals surface area contributed by atoms with Crippen LogP contribution in [0.5, 0.6) is 0 Å². The molecule has 1 aliphatic heterocycles. The molecule has 2 N–H and O–H groups in total. The second kappa shape index (κ2) is 6.67. The van der Waals surface area contributed by atoms with E-state index in [0.29, 0.717) is 24.3 Å². The number of hydrogen-bond donors (Lipinski definition) is 2. The Balaban J connectivity index is 2.10. The van der Waals surface area contributed by atoms with Crippen LogP contribution >= 0.6 is 0 Å². The maximum absolute atomic E-state index is 12.3. The van der Waals surface area contributed by atoms with Gasteiger partial charge >= 0.3 is 0 Å². The van der Waals surface area contributed by atoms with Crippen molar-refractivity contribution in [2.24, 2.45) is 0 Å². The Morgan fingerprint density at radius 1 is 1.40 bits per heavy atom. The molecule has 1 heterocycles. The second-order valence-corrected chi connectivity index (χ2v) is 6.77. The van der Waals surface area contributed by atoms with Gasteiger partial charge in [0, 0.05) is 13.2 Å². The third kappa shape index (κ3) is 3.58. The first-order valence-corrected chi connectivity index (χ1v) is 8.33. The molecule has 1 saturated heterocycles. The van der Waals surface area contributed by atoms with E-state index >= 15 is 0 Å². The lowest BCUT2D eigenvalue weighted by Crippen LogP contribution is -2.35. The first-order valence-electron chi connectivity index (χ1n) is 6.85. The van der Waals surface area contributed by atoms with Crippen LogP contribution in [0.1, 0.15) is 30.4 Å². The average molecular weight is 299 g/mol. The maximum Gasteiger partial charge on any atom is 0.240 e. The van der Waals surface area contributed by atoms with Crippen molar-refractivity contribution in [3.63, 3.8) is 0 Å². The zero-order valence-corrected chi connectivity index (χ0v) is 12.4. The molecule has 1 atom stereocenters. The minimum absolute atomic E-state index is 0.0418. The standard InChI is InChI=1S/C14H21NO4S/c1-11-12(10-16)5-4-7-14(11)20(17,18)15-9-13-6-2-3-8-19-13/h4-5,7,13,15-16H,2-3,6,8-10H2,1H3. The Hall–Kier alpha value is -0.950. The second-order valence-electron chi connectivity index (χ2n) is 5.04. The normalized spacial score (nSPS) is 20.0. The molecule has 0 radical (unpaired) electrons. The largest absolute Gasteiger partial charge is 0.392 e. The van der Waals surface area contributed by atoms with Gasteiger partial charge in [-0.15, -0.1) is 0 Å². The fourth-order valence-corrected chi connectivity index (χ4v) is 3.72. The maximum atomic E-state index is 12.3. The van der Waals surface area contributed by atoms with Gasteiger partial charge in [0.25, 0.3) is 0 Å². The number of rotatable bonds is 5. The molecule has 0 aliphatic carbocycles. The van der Waals surface area contributed by atoms with E-state index in [9.17, 15) is 13.5 Å². The molecular formula is C14H21NO4S. The fourth-order valence-electron chi connectivity index (χ4n) is 2.37. The monoisotopic (exact) mass is 299 g/mol. The predicted molar refractivity (Wildman–Crippen MR) is 75.9 cm³/mol. The van der Waals surface area contributed by atoms with E-state index in [-0.39, 0.29) is 17.6 Å². The highest BCUT2D eigenvalue weighted by Gasteiger charge is 2.21. The van der Waals surface area contributed by atoms with Gasteiger partial charge in [-0.25, -0.2) is 13.1 Å². The molecule has 1 aromatic rings. The molecule has 6 heteroatoms. The van der Waals surface area contributed by atoms with Gasteiger partial charge in [-0.1, -0.05) is 12.1 Å². The predicted octanol–water partition coefficient (Wildman–Crippen LogP) is 1.33. The van der Waals surface area contributed by atoms with Gasteiger partial charge in [0.2, 0.25) is 10.0 Å². The fraction of sp³-hybridized carbons (Fsp3) is 0.571. The Morgan fingerprint density at radius 3 is 2.85 bits per heavy atom. The molecule has 0 spiro atoms. The van der Waals surface area contributed by atoms with E-state index in [1.54, 1.807) is 25.1 Å². The zero-order valence-electron chi connectivity index (χ0n) is 11.6. The van der Waals surface area contributed by atoms with Crippen LogP contribution in [0, 0.1) is 6.92 Å². The molecule has 2 rings (SSSR count). The molecule has 1 aliphatic rings. The van der Waals surface area contributed by atoms with Gasteiger partial charge in [-0.2, -0.15) is 0 Å². The Kier molecular flexibility index (Phi) is 5.15. The van der Waals surface area contributed by atoms with E-state index in [0.717, 1.165) is 19.3 Å². The molecule has 0 saturated carbocycles. The number of nitrogens with one attached hydrogen (secondary N) is 1. The van der Waals surface area contributed by atoms with Crippen LogP contribution in [0.2, 0.25) is 0 Å². The number of aliphatic hydroxyl groups excluding tert-OH is 1. The van der Waals surface area contributed by atoms with Crippen LogP contribution in [-0.2, 0) is 21.4 Å². The highest BCUT2D eigenvalue weighted by Crippen LogP contribution is 2.19. The summed E-state index contributed by atoms with van der Waals surface area (Å²) in [7, 11) is -3.56. The Bertz CT molecular complexity index is 550. The Labute approximate surface area is 120 Å². The molecule has 0 bridgehead atoms. The van der Waals surface area contributed by atoms with E-state index in [4.69, 9.17) is 4.74 Å². The molecule has 0 amide bonds. The van der Waals surface area contributed by atoms with Crippen molar-refractivity contribution in [3.8, 4) is 0 Å². The van der Waals surface area contributed by atoms with Gasteiger partial charge in [0.05, 0.1) is 17.6 Å². The summed E-state index contributed by atoms with van der Waals surface area (Å²) < 4.78 is 32.8. The van der Waals surface area contributed by atoms with Crippen LogP contribution in [0.25, 0.3) is 0 Å².